The topological polar surface area (TPSA) is 40.5 Å². The van der Waals surface area contributed by atoms with Gasteiger partial charge in [-0.05, 0) is 25.6 Å². The second-order valence-electron chi connectivity index (χ2n) is 4.24. The maximum atomic E-state index is 10.9. The first-order valence-corrected chi connectivity index (χ1v) is 7.00. The molecular weight excluding hydrogens is 301 g/mol. The van der Waals surface area contributed by atoms with Gasteiger partial charge in [0.05, 0.1) is 0 Å². The van der Waals surface area contributed by atoms with Gasteiger partial charge in [0.2, 0.25) is 0 Å². The molecule has 0 aliphatic rings. The van der Waals surface area contributed by atoms with Gasteiger partial charge in [0.1, 0.15) is 5.30 Å². The third kappa shape index (κ3) is 5.82. The molecular formula is C14H19FeNO2P+. The summed E-state index contributed by atoms with van der Waals surface area (Å²) in [6.07, 6.45) is 0. The van der Waals surface area contributed by atoms with Crippen LogP contribution in [0.4, 0.5) is 0 Å². The molecule has 0 aromatic heterocycles. The Morgan fingerprint density at radius 3 is 2.26 bits per heavy atom. The van der Waals surface area contributed by atoms with Gasteiger partial charge in [-0.2, -0.15) is 23.1 Å². The Labute approximate surface area is 126 Å². The van der Waals surface area contributed by atoms with Crippen molar-refractivity contribution in [3.8, 4) is 0 Å². The smallest absolute Gasteiger partial charge is 0.305 e. The summed E-state index contributed by atoms with van der Waals surface area (Å²) in [5.74, 6) is 0. The molecule has 0 amide bonds. The summed E-state index contributed by atoms with van der Waals surface area (Å²) in [6, 6.07) is 15.6. The molecule has 0 radical (unpaired) electrons. The van der Waals surface area contributed by atoms with Crippen LogP contribution in [-0.4, -0.2) is 23.9 Å². The van der Waals surface area contributed by atoms with Crippen LogP contribution in [0.3, 0.4) is 0 Å². The molecule has 2 atom stereocenters. The predicted octanol–water partition coefficient (Wildman–Crippen LogP) is 2.79. The number of nitrogens with zero attached hydrogens (tertiary/aromatic N) is 1. The van der Waals surface area contributed by atoms with E-state index in [2.05, 4.69) is 0 Å². The van der Waals surface area contributed by atoms with Crippen molar-refractivity contribution in [1.29, 1.82) is 0 Å². The fourth-order valence-electron chi connectivity index (χ4n) is 1.55. The van der Waals surface area contributed by atoms with E-state index in [4.69, 9.17) is 4.89 Å². The van der Waals surface area contributed by atoms with E-state index in [0.29, 0.717) is 5.30 Å². The van der Waals surface area contributed by atoms with Crippen molar-refractivity contribution in [3.63, 3.8) is 0 Å². The van der Waals surface area contributed by atoms with Gasteiger partial charge in [0, 0.05) is 6.04 Å². The van der Waals surface area contributed by atoms with Crippen LogP contribution in [0, 0.1) is 0 Å². The van der Waals surface area contributed by atoms with E-state index in [-0.39, 0.29) is 23.1 Å². The van der Waals surface area contributed by atoms with Crippen molar-refractivity contribution < 1.29 is 26.5 Å². The maximum absolute atomic E-state index is 10.9. The first-order chi connectivity index (χ1) is 8.54. The van der Waals surface area contributed by atoms with Crippen LogP contribution >= 0.6 is 8.03 Å². The molecule has 0 saturated heterocycles. The largest absolute Gasteiger partial charge is 2.00 e. The Hall–Kier alpha value is -0.761. The van der Waals surface area contributed by atoms with Gasteiger partial charge < -0.3 is 4.90 Å². The van der Waals surface area contributed by atoms with Gasteiger partial charge in [0.15, 0.2) is 0 Å². The molecule has 0 fully saturated rings. The quantitative estimate of drug-likeness (QED) is 0.537. The molecule has 0 aliphatic carbocycles. The van der Waals surface area contributed by atoms with Gasteiger partial charge in [-0.25, -0.2) is 24.3 Å². The molecule has 0 spiro atoms. The minimum absolute atomic E-state index is 0. The van der Waals surface area contributed by atoms with Crippen molar-refractivity contribution >= 4 is 13.3 Å². The van der Waals surface area contributed by atoms with Crippen LogP contribution in [0.1, 0.15) is 18.5 Å². The number of hydrogen-bond acceptors (Lipinski definition) is 2. The molecule has 5 heteroatoms. The van der Waals surface area contributed by atoms with E-state index in [1.54, 1.807) is 6.07 Å². The molecule has 1 N–H and O–H groups in total. The van der Waals surface area contributed by atoms with Gasteiger partial charge in [-0.3, -0.25) is 0 Å². The van der Waals surface area contributed by atoms with Crippen LogP contribution in [0.15, 0.2) is 48.5 Å². The summed E-state index contributed by atoms with van der Waals surface area (Å²) in [6.45, 7) is 2.01. The van der Waals surface area contributed by atoms with Gasteiger partial charge in [0.25, 0.3) is 0 Å². The Kier molecular flexibility index (Phi) is 8.82. The van der Waals surface area contributed by atoms with Crippen molar-refractivity contribution in [1.82, 2.24) is 4.90 Å². The van der Waals surface area contributed by atoms with Crippen molar-refractivity contribution in [2.24, 2.45) is 0 Å². The third-order valence-electron chi connectivity index (χ3n) is 2.81. The van der Waals surface area contributed by atoms with Gasteiger partial charge >= 0.3 is 25.1 Å². The van der Waals surface area contributed by atoms with Crippen molar-refractivity contribution in [2.45, 2.75) is 13.0 Å². The van der Waals surface area contributed by atoms with Crippen molar-refractivity contribution in [2.75, 3.05) is 14.1 Å². The predicted molar refractivity (Wildman–Crippen MR) is 75.6 cm³/mol. The van der Waals surface area contributed by atoms with E-state index in [0.717, 1.165) is 5.56 Å². The monoisotopic (exact) mass is 320 g/mol. The molecule has 104 valence electrons. The Balaban J connectivity index is 0.000000454. The molecule has 0 saturated carbocycles. The minimum atomic E-state index is -2.21. The molecule has 0 heterocycles. The molecule has 3 nitrogen and oxygen atoms in total. The normalized spacial score (nSPS) is 12.2. The summed E-state index contributed by atoms with van der Waals surface area (Å²) < 4.78 is 10.9. The Morgan fingerprint density at radius 1 is 1.32 bits per heavy atom. The third-order valence-corrected chi connectivity index (χ3v) is 3.63. The second kappa shape index (κ2) is 9.19. The van der Waals surface area contributed by atoms with Crippen LogP contribution in [0.25, 0.3) is 0 Å². The molecule has 2 rings (SSSR count). The first-order valence-electron chi connectivity index (χ1n) is 5.79. The minimum Gasteiger partial charge on any atom is -0.305 e. The van der Waals surface area contributed by atoms with Gasteiger partial charge in [-0.15, -0.1) is 6.07 Å². The summed E-state index contributed by atoms with van der Waals surface area (Å²) in [5.41, 5.74) is 0.939. The Morgan fingerprint density at radius 2 is 1.89 bits per heavy atom. The van der Waals surface area contributed by atoms with Crippen LogP contribution in [-0.2, 0) is 21.6 Å². The van der Waals surface area contributed by atoms with Crippen molar-refractivity contribution in [3.05, 3.63) is 54.1 Å². The second-order valence-corrected chi connectivity index (χ2v) is 5.27. The Bertz CT molecular complexity index is 448. The molecule has 2 aromatic carbocycles. The zero-order chi connectivity index (χ0) is 13.5. The molecule has 2 aromatic rings. The first kappa shape index (κ1) is 18.2. The summed E-state index contributed by atoms with van der Waals surface area (Å²) in [5, 5.41) is 0.552. The SMILES string of the molecule is CC(c1ccc[c-]1[P+](=O)O)N(C)C.[Fe+2].c1cc[cH-]c1. The fourth-order valence-corrected chi connectivity index (χ4v) is 2.25. The maximum Gasteiger partial charge on any atom is 2.00 e. The van der Waals surface area contributed by atoms with E-state index < -0.39 is 8.03 Å². The van der Waals surface area contributed by atoms with E-state index in [9.17, 15) is 4.57 Å². The number of hydrogen-bond donors (Lipinski definition) is 1. The molecule has 19 heavy (non-hydrogen) atoms. The van der Waals surface area contributed by atoms with Gasteiger partial charge in [-0.1, -0.05) is 5.56 Å². The van der Waals surface area contributed by atoms with E-state index >= 15 is 0 Å². The standard InChI is InChI=1S/C9H14NO2P.C5H5.Fe/c1-7(10(2)3)8-5-4-6-9(8)13(11)12;1-2-4-5-3-1;/h4-7H,1-3H3,(H,11,12);1-5H;/q;-1;+2. The summed E-state index contributed by atoms with van der Waals surface area (Å²) >= 11 is 0. The molecule has 0 bridgehead atoms. The van der Waals surface area contributed by atoms with Crippen LogP contribution in [0.2, 0.25) is 0 Å². The van der Waals surface area contributed by atoms with E-state index in [1.165, 1.54) is 0 Å². The molecule has 2 unspecified atom stereocenters. The summed E-state index contributed by atoms with van der Waals surface area (Å²) in [4.78, 5) is 11.0. The van der Waals surface area contributed by atoms with E-state index in [1.807, 2.05) is 68.4 Å². The average molecular weight is 320 g/mol. The summed E-state index contributed by atoms with van der Waals surface area (Å²) in [7, 11) is 1.69. The average Bonchev–Trinajstić information content (AvgIpc) is 3.01. The van der Waals surface area contributed by atoms with Crippen LogP contribution < -0.4 is 5.30 Å². The zero-order valence-corrected chi connectivity index (χ0v) is 13.3. The number of rotatable bonds is 3. The fraction of sp³-hybridized carbons (Fsp3) is 0.286. The van der Waals surface area contributed by atoms with Crippen LogP contribution in [0.5, 0.6) is 0 Å². The zero-order valence-electron chi connectivity index (χ0n) is 11.3. The molecule has 0 aliphatic heterocycles.